The van der Waals surface area contributed by atoms with Gasteiger partial charge in [0.05, 0.1) is 4.90 Å². The van der Waals surface area contributed by atoms with Gasteiger partial charge in [-0.25, -0.2) is 13.6 Å². The number of aryl methyl sites for hydroxylation is 1. The SMILES string of the molecule is Cc1cc(CNC2=NCCCN2)ccc1S(N)(=O)=O. The predicted octanol–water partition coefficient (Wildman–Crippen LogP) is 0.0813. The summed E-state index contributed by atoms with van der Waals surface area (Å²) in [5.74, 6) is 0.791. The molecule has 1 aromatic carbocycles. The van der Waals surface area contributed by atoms with Gasteiger partial charge in [0.1, 0.15) is 0 Å². The maximum absolute atomic E-state index is 11.3. The van der Waals surface area contributed by atoms with Gasteiger partial charge in [-0.05, 0) is 30.5 Å². The number of hydrogen-bond acceptors (Lipinski definition) is 5. The normalized spacial score (nSPS) is 15.6. The van der Waals surface area contributed by atoms with Gasteiger partial charge in [-0.15, -0.1) is 0 Å². The molecule has 4 N–H and O–H groups in total. The van der Waals surface area contributed by atoms with Gasteiger partial charge in [-0.1, -0.05) is 12.1 Å². The van der Waals surface area contributed by atoms with Gasteiger partial charge in [0.15, 0.2) is 5.96 Å². The number of aliphatic imine (C=N–C) groups is 1. The summed E-state index contributed by atoms with van der Waals surface area (Å²) in [4.78, 5) is 4.47. The number of sulfonamides is 1. The molecule has 0 fully saturated rings. The third kappa shape index (κ3) is 3.68. The molecule has 0 unspecified atom stereocenters. The monoisotopic (exact) mass is 282 g/mol. The van der Waals surface area contributed by atoms with Gasteiger partial charge in [0.2, 0.25) is 10.0 Å². The number of primary sulfonamides is 1. The number of guanidine groups is 1. The molecule has 7 heteroatoms. The van der Waals surface area contributed by atoms with Gasteiger partial charge in [0, 0.05) is 19.6 Å². The Kier molecular flexibility index (Phi) is 4.06. The van der Waals surface area contributed by atoms with Crippen LogP contribution in [0.3, 0.4) is 0 Å². The van der Waals surface area contributed by atoms with Crippen molar-refractivity contribution in [2.24, 2.45) is 10.1 Å². The molecular formula is C12H18N4O2S. The Hall–Kier alpha value is -1.60. The first-order valence-corrected chi connectivity index (χ1v) is 7.66. The van der Waals surface area contributed by atoms with Gasteiger partial charge in [0.25, 0.3) is 0 Å². The summed E-state index contributed by atoms with van der Waals surface area (Å²) in [5.41, 5.74) is 1.64. The molecule has 1 aromatic rings. The molecule has 0 saturated heterocycles. The van der Waals surface area contributed by atoms with Crippen molar-refractivity contribution in [1.82, 2.24) is 10.6 Å². The van der Waals surface area contributed by atoms with Crippen LogP contribution in [0, 0.1) is 6.92 Å². The van der Waals surface area contributed by atoms with Crippen LogP contribution in [0.4, 0.5) is 0 Å². The summed E-state index contributed by atoms with van der Waals surface area (Å²) in [6.45, 7) is 4.09. The van der Waals surface area contributed by atoms with Crippen LogP contribution in [0.2, 0.25) is 0 Å². The molecule has 19 heavy (non-hydrogen) atoms. The van der Waals surface area contributed by atoms with Crippen molar-refractivity contribution in [2.75, 3.05) is 13.1 Å². The fraction of sp³-hybridized carbons (Fsp3) is 0.417. The fourth-order valence-corrected chi connectivity index (χ4v) is 2.74. The third-order valence-electron chi connectivity index (χ3n) is 2.90. The topological polar surface area (TPSA) is 96.6 Å². The molecule has 6 nitrogen and oxygen atoms in total. The second-order valence-corrected chi connectivity index (χ2v) is 6.04. The molecule has 1 heterocycles. The quantitative estimate of drug-likeness (QED) is 0.731. The van der Waals surface area contributed by atoms with Crippen LogP contribution in [-0.4, -0.2) is 27.5 Å². The summed E-state index contributed by atoms with van der Waals surface area (Å²) in [6.07, 6.45) is 1.05. The molecule has 0 radical (unpaired) electrons. The van der Waals surface area contributed by atoms with E-state index < -0.39 is 10.0 Å². The average Bonchev–Trinajstić information content (AvgIpc) is 2.36. The fourth-order valence-electron chi connectivity index (χ4n) is 1.98. The summed E-state index contributed by atoms with van der Waals surface area (Å²) in [6, 6.07) is 5.11. The zero-order valence-corrected chi connectivity index (χ0v) is 11.6. The highest BCUT2D eigenvalue weighted by atomic mass is 32.2. The van der Waals surface area contributed by atoms with Crippen LogP contribution >= 0.6 is 0 Å². The van der Waals surface area contributed by atoms with Gasteiger partial charge in [-0.2, -0.15) is 0 Å². The lowest BCUT2D eigenvalue weighted by Gasteiger charge is -2.16. The molecule has 2 rings (SSSR count). The van der Waals surface area contributed by atoms with E-state index in [1.807, 2.05) is 6.07 Å². The highest BCUT2D eigenvalue weighted by Crippen LogP contribution is 2.15. The molecule has 0 spiro atoms. The van der Waals surface area contributed by atoms with Crippen LogP contribution in [0.5, 0.6) is 0 Å². The minimum Gasteiger partial charge on any atom is -0.356 e. The number of nitrogens with zero attached hydrogens (tertiary/aromatic N) is 1. The number of nitrogens with one attached hydrogen (secondary N) is 2. The molecule has 0 saturated carbocycles. The Morgan fingerprint density at radius 3 is 2.84 bits per heavy atom. The van der Waals surface area contributed by atoms with Crippen molar-refractivity contribution in [3.05, 3.63) is 29.3 Å². The van der Waals surface area contributed by atoms with Crippen molar-refractivity contribution in [2.45, 2.75) is 24.8 Å². The maximum Gasteiger partial charge on any atom is 0.238 e. The van der Waals surface area contributed by atoms with Crippen LogP contribution in [0.15, 0.2) is 28.1 Å². The van der Waals surface area contributed by atoms with Crippen LogP contribution in [0.1, 0.15) is 17.5 Å². The Morgan fingerprint density at radius 2 is 2.26 bits per heavy atom. The Morgan fingerprint density at radius 1 is 1.47 bits per heavy atom. The van der Waals surface area contributed by atoms with Crippen molar-refractivity contribution >= 4 is 16.0 Å². The lowest BCUT2D eigenvalue weighted by atomic mass is 10.1. The number of hydrogen-bond donors (Lipinski definition) is 3. The summed E-state index contributed by atoms with van der Waals surface area (Å²) < 4.78 is 22.6. The number of rotatable bonds is 3. The second kappa shape index (κ2) is 5.58. The molecular weight excluding hydrogens is 264 g/mol. The van der Waals surface area contributed by atoms with Gasteiger partial charge < -0.3 is 10.6 Å². The molecule has 1 aliphatic heterocycles. The van der Waals surface area contributed by atoms with E-state index in [2.05, 4.69) is 15.6 Å². The highest BCUT2D eigenvalue weighted by Gasteiger charge is 2.11. The lowest BCUT2D eigenvalue weighted by molar-refractivity contribution is 0.597. The van der Waals surface area contributed by atoms with Crippen molar-refractivity contribution in [1.29, 1.82) is 0 Å². The molecule has 0 bridgehead atoms. The van der Waals surface area contributed by atoms with E-state index in [0.717, 1.165) is 31.0 Å². The largest absolute Gasteiger partial charge is 0.356 e. The number of nitrogens with two attached hydrogens (primary N) is 1. The van der Waals surface area contributed by atoms with E-state index in [9.17, 15) is 8.42 Å². The van der Waals surface area contributed by atoms with Crippen LogP contribution < -0.4 is 15.8 Å². The first kappa shape index (κ1) is 13.8. The molecule has 0 aliphatic carbocycles. The van der Waals surface area contributed by atoms with Crippen molar-refractivity contribution in [3.8, 4) is 0 Å². The minimum atomic E-state index is -3.64. The molecule has 1 aliphatic rings. The van der Waals surface area contributed by atoms with E-state index in [0.29, 0.717) is 12.1 Å². The van der Waals surface area contributed by atoms with E-state index >= 15 is 0 Å². The molecule has 0 aromatic heterocycles. The van der Waals surface area contributed by atoms with Gasteiger partial charge in [-0.3, -0.25) is 4.99 Å². The summed E-state index contributed by atoms with van der Waals surface area (Å²) in [7, 11) is -3.64. The Labute approximate surface area is 113 Å². The molecule has 0 atom stereocenters. The number of benzene rings is 1. The van der Waals surface area contributed by atoms with Gasteiger partial charge >= 0.3 is 0 Å². The lowest BCUT2D eigenvalue weighted by Crippen LogP contribution is -2.40. The summed E-state index contributed by atoms with van der Waals surface area (Å²) in [5, 5.41) is 11.5. The predicted molar refractivity (Wildman–Crippen MR) is 74.3 cm³/mol. The van der Waals surface area contributed by atoms with Crippen molar-refractivity contribution in [3.63, 3.8) is 0 Å². The van der Waals surface area contributed by atoms with Crippen molar-refractivity contribution < 1.29 is 8.42 Å². The molecule has 104 valence electrons. The standard InChI is InChI=1S/C12H18N4O2S/c1-9-7-10(3-4-11(9)19(13,17)18)8-16-12-14-5-2-6-15-12/h3-4,7H,2,5-6,8H2,1H3,(H2,13,17,18)(H2,14,15,16). The summed E-state index contributed by atoms with van der Waals surface area (Å²) >= 11 is 0. The minimum absolute atomic E-state index is 0.171. The maximum atomic E-state index is 11.3. The van der Waals surface area contributed by atoms with E-state index in [1.54, 1.807) is 13.0 Å². The zero-order chi connectivity index (χ0) is 13.9. The highest BCUT2D eigenvalue weighted by molar-refractivity contribution is 7.89. The van der Waals surface area contributed by atoms with E-state index in [1.165, 1.54) is 6.07 Å². The smallest absolute Gasteiger partial charge is 0.238 e. The second-order valence-electron chi connectivity index (χ2n) is 4.51. The molecule has 0 amide bonds. The third-order valence-corrected chi connectivity index (χ3v) is 3.97. The Bertz CT molecular complexity index is 596. The first-order chi connectivity index (χ1) is 8.97. The zero-order valence-electron chi connectivity index (χ0n) is 10.8. The first-order valence-electron chi connectivity index (χ1n) is 6.11. The average molecular weight is 282 g/mol. The van der Waals surface area contributed by atoms with Crippen LogP contribution in [-0.2, 0) is 16.6 Å². The van der Waals surface area contributed by atoms with E-state index in [-0.39, 0.29) is 4.90 Å². The Balaban J connectivity index is 2.06. The van der Waals surface area contributed by atoms with E-state index in [4.69, 9.17) is 5.14 Å². The van der Waals surface area contributed by atoms with Crippen LogP contribution in [0.25, 0.3) is 0 Å².